The van der Waals surface area contributed by atoms with Crippen LogP contribution in [0.3, 0.4) is 0 Å². The molecule has 0 saturated heterocycles. The van der Waals surface area contributed by atoms with Crippen molar-refractivity contribution in [1.82, 2.24) is 0 Å². The number of benzene rings is 1. The monoisotopic (exact) mass is 341 g/mol. The lowest BCUT2D eigenvalue weighted by atomic mass is 10.1. The third-order valence-electron chi connectivity index (χ3n) is 3.79. The molecule has 5 nitrogen and oxygen atoms in total. The van der Waals surface area contributed by atoms with Gasteiger partial charge in [-0.2, -0.15) is 0 Å². The number of hydrogen-bond donors (Lipinski definition) is 2. The van der Waals surface area contributed by atoms with Crippen LogP contribution in [0, 0.1) is 0 Å². The van der Waals surface area contributed by atoms with Crippen molar-refractivity contribution >= 4 is 21.5 Å². The number of aromatic carboxylic acids is 1. The van der Waals surface area contributed by atoms with Crippen molar-refractivity contribution in [2.75, 3.05) is 17.6 Å². The van der Waals surface area contributed by atoms with Gasteiger partial charge in [-0.3, -0.25) is 0 Å². The molecule has 0 aromatic heterocycles. The molecular weight excluding hydrogens is 314 g/mol. The first-order chi connectivity index (χ1) is 10.9. The minimum absolute atomic E-state index is 0.0119. The molecule has 0 saturated carbocycles. The molecule has 0 aliphatic carbocycles. The minimum atomic E-state index is -3.47. The maximum Gasteiger partial charge on any atom is 0.335 e. The van der Waals surface area contributed by atoms with E-state index < -0.39 is 15.8 Å². The standard InChI is InChI=1S/C17H27NO4S/c1-3-5-6-7-8-9-12-18-15-11-10-14(17(19)20)13-16(15)23(21,22)4-2/h10-11,13,18H,3-9,12H2,1-2H3,(H,19,20). The highest BCUT2D eigenvalue weighted by Crippen LogP contribution is 2.24. The molecule has 23 heavy (non-hydrogen) atoms. The van der Waals surface area contributed by atoms with Gasteiger partial charge >= 0.3 is 5.97 Å². The molecule has 0 aliphatic heterocycles. The average Bonchev–Trinajstić information content (AvgIpc) is 2.53. The fraction of sp³-hybridized carbons (Fsp3) is 0.588. The van der Waals surface area contributed by atoms with Crippen LogP contribution >= 0.6 is 0 Å². The van der Waals surface area contributed by atoms with Gasteiger partial charge in [0.05, 0.1) is 21.9 Å². The highest BCUT2D eigenvalue weighted by Gasteiger charge is 2.19. The van der Waals surface area contributed by atoms with Crippen molar-refractivity contribution < 1.29 is 18.3 Å². The normalized spacial score (nSPS) is 11.4. The first-order valence-corrected chi connectivity index (χ1v) is 9.91. The molecule has 0 fully saturated rings. The summed E-state index contributed by atoms with van der Waals surface area (Å²) in [6.07, 6.45) is 6.97. The van der Waals surface area contributed by atoms with Gasteiger partial charge < -0.3 is 10.4 Å². The Kier molecular flexibility index (Phi) is 8.09. The maximum atomic E-state index is 12.2. The molecular formula is C17H27NO4S. The number of nitrogens with one attached hydrogen (secondary N) is 1. The van der Waals surface area contributed by atoms with E-state index in [0.717, 1.165) is 12.8 Å². The fourth-order valence-corrected chi connectivity index (χ4v) is 3.44. The largest absolute Gasteiger partial charge is 0.478 e. The van der Waals surface area contributed by atoms with Crippen LogP contribution in [0.5, 0.6) is 0 Å². The Hall–Kier alpha value is -1.56. The number of anilines is 1. The predicted octanol–water partition coefficient (Wildman–Crippen LogP) is 3.95. The van der Waals surface area contributed by atoms with E-state index >= 15 is 0 Å². The van der Waals surface area contributed by atoms with Crippen LogP contribution in [-0.4, -0.2) is 31.8 Å². The summed E-state index contributed by atoms with van der Waals surface area (Å²) in [5, 5.41) is 12.2. The van der Waals surface area contributed by atoms with Gasteiger partial charge in [0.2, 0.25) is 0 Å². The van der Waals surface area contributed by atoms with Crippen molar-refractivity contribution in [3.8, 4) is 0 Å². The first kappa shape index (κ1) is 19.5. The summed E-state index contributed by atoms with van der Waals surface area (Å²) in [6, 6.07) is 4.22. The number of sulfone groups is 1. The van der Waals surface area contributed by atoms with Gasteiger partial charge in [0, 0.05) is 6.54 Å². The Labute approximate surface area is 139 Å². The minimum Gasteiger partial charge on any atom is -0.478 e. The Balaban J connectivity index is 2.72. The van der Waals surface area contributed by atoms with Gasteiger partial charge in [-0.1, -0.05) is 46.0 Å². The molecule has 0 aliphatic rings. The molecule has 0 radical (unpaired) electrons. The molecule has 1 rings (SSSR count). The van der Waals surface area contributed by atoms with Crippen LogP contribution in [0.2, 0.25) is 0 Å². The molecule has 0 unspecified atom stereocenters. The van der Waals surface area contributed by atoms with Crippen molar-refractivity contribution in [3.63, 3.8) is 0 Å². The number of unbranched alkanes of at least 4 members (excludes halogenated alkanes) is 5. The second kappa shape index (κ2) is 9.55. The SMILES string of the molecule is CCCCCCCCNc1ccc(C(=O)O)cc1S(=O)(=O)CC. The van der Waals surface area contributed by atoms with Crippen LogP contribution in [0.25, 0.3) is 0 Å². The molecule has 0 amide bonds. The van der Waals surface area contributed by atoms with E-state index in [1.54, 1.807) is 13.0 Å². The van der Waals surface area contributed by atoms with Crippen molar-refractivity contribution in [2.45, 2.75) is 57.3 Å². The van der Waals surface area contributed by atoms with E-state index in [4.69, 9.17) is 5.11 Å². The lowest BCUT2D eigenvalue weighted by molar-refractivity contribution is 0.0696. The Morgan fingerprint density at radius 3 is 2.35 bits per heavy atom. The summed E-state index contributed by atoms with van der Waals surface area (Å²) >= 11 is 0. The molecule has 130 valence electrons. The number of carbonyl (C=O) groups is 1. The number of carboxylic acids is 1. The van der Waals surface area contributed by atoms with Gasteiger partial charge in [0.25, 0.3) is 0 Å². The zero-order chi connectivity index (χ0) is 17.3. The second-order valence-electron chi connectivity index (χ2n) is 5.61. The quantitative estimate of drug-likeness (QED) is 0.595. The Morgan fingerprint density at radius 1 is 1.09 bits per heavy atom. The Bertz CT molecular complexity index is 611. The molecule has 0 spiro atoms. The number of hydrogen-bond acceptors (Lipinski definition) is 4. The fourth-order valence-electron chi connectivity index (χ4n) is 2.34. The average molecular weight is 341 g/mol. The number of carboxylic acid groups (broad SMARTS) is 1. The summed E-state index contributed by atoms with van der Waals surface area (Å²) in [5.74, 6) is -1.18. The molecule has 1 aromatic carbocycles. The summed E-state index contributed by atoms with van der Waals surface area (Å²) in [6.45, 7) is 4.42. The van der Waals surface area contributed by atoms with E-state index in [2.05, 4.69) is 12.2 Å². The van der Waals surface area contributed by atoms with Crippen LogP contribution in [0.4, 0.5) is 5.69 Å². The van der Waals surface area contributed by atoms with E-state index in [1.165, 1.54) is 37.8 Å². The van der Waals surface area contributed by atoms with E-state index in [0.29, 0.717) is 12.2 Å². The van der Waals surface area contributed by atoms with Gasteiger partial charge in [-0.15, -0.1) is 0 Å². The second-order valence-corrected chi connectivity index (χ2v) is 7.86. The lowest BCUT2D eigenvalue weighted by Gasteiger charge is -2.13. The molecule has 2 N–H and O–H groups in total. The number of rotatable bonds is 11. The third-order valence-corrected chi connectivity index (χ3v) is 5.56. The van der Waals surface area contributed by atoms with Gasteiger partial charge in [0.1, 0.15) is 0 Å². The highest BCUT2D eigenvalue weighted by molar-refractivity contribution is 7.91. The van der Waals surface area contributed by atoms with Crippen LogP contribution in [0.15, 0.2) is 23.1 Å². The molecule has 0 heterocycles. The predicted molar refractivity (Wildman–Crippen MR) is 93.0 cm³/mol. The summed E-state index contributed by atoms with van der Waals surface area (Å²) < 4.78 is 24.3. The van der Waals surface area contributed by atoms with Crippen molar-refractivity contribution in [2.24, 2.45) is 0 Å². The van der Waals surface area contributed by atoms with Gasteiger partial charge in [0.15, 0.2) is 9.84 Å². The molecule has 0 atom stereocenters. The van der Waals surface area contributed by atoms with Crippen molar-refractivity contribution in [1.29, 1.82) is 0 Å². The van der Waals surface area contributed by atoms with Gasteiger partial charge in [-0.25, -0.2) is 13.2 Å². The summed E-state index contributed by atoms with van der Waals surface area (Å²) in [4.78, 5) is 11.1. The smallest absolute Gasteiger partial charge is 0.335 e. The van der Waals surface area contributed by atoms with Crippen molar-refractivity contribution in [3.05, 3.63) is 23.8 Å². The van der Waals surface area contributed by atoms with Crippen LogP contribution < -0.4 is 5.32 Å². The summed E-state index contributed by atoms with van der Waals surface area (Å²) in [7, 11) is -3.47. The zero-order valence-electron chi connectivity index (χ0n) is 14.0. The first-order valence-electron chi connectivity index (χ1n) is 8.26. The van der Waals surface area contributed by atoms with Gasteiger partial charge in [-0.05, 0) is 24.6 Å². The highest BCUT2D eigenvalue weighted by atomic mass is 32.2. The zero-order valence-corrected chi connectivity index (χ0v) is 14.8. The molecule has 1 aromatic rings. The van der Waals surface area contributed by atoms with E-state index in [-0.39, 0.29) is 16.2 Å². The molecule has 0 bridgehead atoms. The third kappa shape index (κ3) is 6.22. The van der Waals surface area contributed by atoms with Crippen LogP contribution in [-0.2, 0) is 9.84 Å². The lowest BCUT2D eigenvalue weighted by Crippen LogP contribution is -2.11. The maximum absolute atomic E-state index is 12.2. The van der Waals surface area contributed by atoms with E-state index in [9.17, 15) is 13.2 Å². The topological polar surface area (TPSA) is 83.5 Å². The van der Waals surface area contributed by atoms with Crippen LogP contribution in [0.1, 0.15) is 62.7 Å². The Morgan fingerprint density at radius 2 is 1.74 bits per heavy atom. The summed E-state index contributed by atoms with van der Waals surface area (Å²) in [5.41, 5.74) is 0.479. The molecule has 6 heteroatoms. The van der Waals surface area contributed by atoms with E-state index in [1.807, 2.05) is 0 Å².